The lowest BCUT2D eigenvalue weighted by molar-refractivity contribution is -0.150. The molecule has 26 heavy (non-hydrogen) atoms. The van der Waals surface area contributed by atoms with Crippen LogP contribution >= 0.6 is 15.9 Å². The van der Waals surface area contributed by atoms with E-state index in [9.17, 15) is 9.59 Å². The van der Waals surface area contributed by atoms with Gasteiger partial charge in [0.05, 0.1) is 18.6 Å². The Kier molecular flexibility index (Phi) is 6.35. The van der Waals surface area contributed by atoms with Gasteiger partial charge >= 0.3 is 0 Å². The quantitative estimate of drug-likeness (QED) is 0.752. The molecule has 0 spiro atoms. The highest BCUT2D eigenvalue weighted by Gasteiger charge is 2.33. The summed E-state index contributed by atoms with van der Waals surface area (Å²) in [5, 5.41) is 0. The van der Waals surface area contributed by atoms with Crippen LogP contribution in [0.2, 0.25) is 0 Å². The monoisotopic (exact) mass is 422 g/mol. The third-order valence-electron chi connectivity index (χ3n) is 5.20. The fraction of sp³-hybridized carbons (Fsp3) is 0.600. The Morgan fingerprint density at radius 2 is 1.62 bits per heavy atom. The average molecular weight is 423 g/mol. The van der Waals surface area contributed by atoms with E-state index in [0.29, 0.717) is 32.6 Å². The Morgan fingerprint density at radius 3 is 2.19 bits per heavy atom. The summed E-state index contributed by atoms with van der Waals surface area (Å²) >= 11 is 3.41. The highest BCUT2D eigenvalue weighted by Crippen LogP contribution is 2.23. The summed E-state index contributed by atoms with van der Waals surface area (Å²) in [6, 6.07) is 7.85. The molecule has 142 valence electrons. The molecule has 0 aliphatic carbocycles. The number of ether oxygens (including phenoxy) is 1. The third kappa shape index (κ3) is 4.86. The summed E-state index contributed by atoms with van der Waals surface area (Å²) in [6.45, 7) is 6.71. The van der Waals surface area contributed by atoms with Crippen LogP contribution in [0.1, 0.15) is 32.3 Å². The van der Waals surface area contributed by atoms with Gasteiger partial charge in [-0.05, 0) is 44.4 Å². The second-order valence-corrected chi connectivity index (χ2v) is 8.37. The minimum Gasteiger partial charge on any atom is -0.372 e. The van der Waals surface area contributed by atoms with Crippen LogP contribution in [0.3, 0.4) is 0 Å². The van der Waals surface area contributed by atoms with Gasteiger partial charge in [-0.2, -0.15) is 0 Å². The molecule has 2 heterocycles. The highest BCUT2D eigenvalue weighted by molar-refractivity contribution is 9.10. The van der Waals surface area contributed by atoms with E-state index < -0.39 is 0 Å². The minimum absolute atomic E-state index is 0.0317. The highest BCUT2D eigenvalue weighted by atomic mass is 79.9. The SMILES string of the molecule is CC1CN(C(=O)C2CCN(C(=O)Cc3ccc(Br)cc3)CC2)CC(C)O1. The van der Waals surface area contributed by atoms with Gasteiger partial charge in [-0.1, -0.05) is 28.1 Å². The number of hydrogen-bond acceptors (Lipinski definition) is 3. The summed E-state index contributed by atoms with van der Waals surface area (Å²) in [6.07, 6.45) is 2.12. The first-order valence-corrected chi connectivity index (χ1v) is 10.2. The predicted octanol–water partition coefficient (Wildman–Crippen LogP) is 2.87. The Balaban J connectivity index is 1.49. The third-order valence-corrected chi connectivity index (χ3v) is 5.73. The summed E-state index contributed by atoms with van der Waals surface area (Å²) in [4.78, 5) is 29.2. The Morgan fingerprint density at radius 1 is 1.04 bits per heavy atom. The molecule has 5 nitrogen and oxygen atoms in total. The van der Waals surface area contributed by atoms with Gasteiger partial charge in [0, 0.05) is 36.6 Å². The van der Waals surface area contributed by atoms with Gasteiger partial charge in [-0.15, -0.1) is 0 Å². The molecule has 2 atom stereocenters. The number of likely N-dealkylation sites (tertiary alicyclic amines) is 1. The average Bonchev–Trinajstić information content (AvgIpc) is 2.62. The van der Waals surface area contributed by atoms with Crippen molar-refractivity contribution >= 4 is 27.7 Å². The molecule has 2 saturated heterocycles. The van der Waals surface area contributed by atoms with Crippen LogP contribution in [0.4, 0.5) is 0 Å². The number of piperidine rings is 1. The van der Waals surface area contributed by atoms with Gasteiger partial charge in [0.15, 0.2) is 0 Å². The number of rotatable bonds is 3. The molecule has 0 aromatic heterocycles. The van der Waals surface area contributed by atoms with Crippen LogP contribution in [0.15, 0.2) is 28.7 Å². The van der Waals surface area contributed by atoms with Crippen molar-refractivity contribution < 1.29 is 14.3 Å². The summed E-state index contributed by atoms with van der Waals surface area (Å²) in [7, 11) is 0. The normalized spacial score (nSPS) is 24.6. The van der Waals surface area contributed by atoms with Gasteiger partial charge in [0.2, 0.25) is 11.8 Å². The molecule has 2 aliphatic heterocycles. The summed E-state index contributed by atoms with van der Waals surface area (Å²) < 4.78 is 6.73. The second-order valence-electron chi connectivity index (χ2n) is 7.46. The summed E-state index contributed by atoms with van der Waals surface area (Å²) in [5.41, 5.74) is 1.02. The predicted molar refractivity (Wildman–Crippen MR) is 104 cm³/mol. The van der Waals surface area contributed by atoms with E-state index >= 15 is 0 Å². The van der Waals surface area contributed by atoms with E-state index in [0.717, 1.165) is 22.9 Å². The number of carbonyl (C=O) groups excluding carboxylic acids is 2. The largest absolute Gasteiger partial charge is 0.372 e. The fourth-order valence-electron chi connectivity index (χ4n) is 3.88. The molecule has 1 aromatic carbocycles. The minimum atomic E-state index is 0.0317. The number of hydrogen-bond donors (Lipinski definition) is 0. The van der Waals surface area contributed by atoms with E-state index in [1.165, 1.54) is 0 Å². The number of carbonyl (C=O) groups is 2. The van der Waals surface area contributed by atoms with E-state index in [2.05, 4.69) is 15.9 Å². The maximum absolute atomic E-state index is 12.8. The van der Waals surface area contributed by atoms with E-state index in [-0.39, 0.29) is 29.9 Å². The van der Waals surface area contributed by atoms with Crippen LogP contribution in [-0.4, -0.2) is 60.0 Å². The molecule has 0 bridgehead atoms. The maximum Gasteiger partial charge on any atom is 0.226 e. The topological polar surface area (TPSA) is 49.9 Å². The molecule has 2 fully saturated rings. The number of nitrogens with zero attached hydrogens (tertiary/aromatic N) is 2. The molecule has 6 heteroatoms. The van der Waals surface area contributed by atoms with Crippen LogP contribution in [-0.2, 0) is 20.7 Å². The summed E-state index contributed by atoms with van der Waals surface area (Å²) in [5.74, 6) is 0.406. The molecule has 0 saturated carbocycles. The zero-order chi connectivity index (χ0) is 18.7. The lowest BCUT2D eigenvalue weighted by Gasteiger charge is -2.39. The second kappa shape index (κ2) is 8.53. The number of benzene rings is 1. The molecular weight excluding hydrogens is 396 g/mol. The molecule has 2 amide bonds. The lowest BCUT2D eigenvalue weighted by Crippen LogP contribution is -2.51. The van der Waals surface area contributed by atoms with Crippen molar-refractivity contribution in [2.24, 2.45) is 5.92 Å². The van der Waals surface area contributed by atoms with E-state index in [1.807, 2.05) is 47.9 Å². The molecule has 0 radical (unpaired) electrons. The van der Waals surface area contributed by atoms with Crippen molar-refractivity contribution in [3.63, 3.8) is 0 Å². The van der Waals surface area contributed by atoms with Crippen molar-refractivity contribution in [2.75, 3.05) is 26.2 Å². The van der Waals surface area contributed by atoms with Gasteiger partial charge in [0.25, 0.3) is 0 Å². The first-order chi connectivity index (χ1) is 12.4. The van der Waals surface area contributed by atoms with Crippen molar-refractivity contribution in [3.05, 3.63) is 34.3 Å². The number of halogens is 1. The van der Waals surface area contributed by atoms with Crippen molar-refractivity contribution in [2.45, 2.75) is 45.3 Å². The fourth-order valence-corrected chi connectivity index (χ4v) is 4.14. The van der Waals surface area contributed by atoms with E-state index in [1.54, 1.807) is 0 Å². The Labute approximate surface area is 163 Å². The molecule has 1 aromatic rings. The maximum atomic E-state index is 12.8. The van der Waals surface area contributed by atoms with Crippen LogP contribution in [0.5, 0.6) is 0 Å². The molecular formula is C20H27BrN2O3. The van der Waals surface area contributed by atoms with Crippen LogP contribution in [0.25, 0.3) is 0 Å². The molecule has 0 N–H and O–H groups in total. The molecule has 2 aliphatic rings. The molecule has 2 unspecified atom stereocenters. The van der Waals surface area contributed by atoms with E-state index in [4.69, 9.17) is 4.74 Å². The van der Waals surface area contributed by atoms with Gasteiger partial charge < -0.3 is 14.5 Å². The van der Waals surface area contributed by atoms with Crippen LogP contribution < -0.4 is 0 Å². The van der Waals surface area contributed by atoms with Gasteiger partial charge in [0.1, 0.15) is 0 Å². The zero-order valence-electron chi connectivity index (χ0n) is 15.5. The van der Waals surface area contributed by atoms with Crippen LogP contribution in [0, 0.1) is 5.92 Å². The molecule has 3 rings (SSSR count). The first-order valence-electron chi connectivity index (χ1n) is 9.39. The first kappa shape index (κ1) is 19.4. The van der Waals surface area contributed by atoms with Gasteiger partial charge in [-0.3, -0.25) is 9.59 Å². The van der Waals surface area contributed by atoms with Crippen molar-refractivity contribution in [1.82, 2.24) is 9.80 Å². The Bertz CT molecular complexity index is 631. The smallest absolute Gasteiger partial charge is 0.226 e. The van der Waals surface area contributed by atoms with Gasteiger partial charge in [-0.25, -0.2) is 0 Å². The number of amides is 2. The standard InChI is InChI=1S/C20H27BrN2O3/c1-14-12-23(13-15(2)26-14)20(25)17-7-9-22(10-8-17)19(24)11-16-3-5-18(21)6-4-16/h3-6,14-15,17H,7-13H2,1-2H3. The lowest BCUT2D eigenvalue weighted by atomic mass is 9.94. The van der Waals surface area contributed by atoms with Crippen molar-refractivity contribution in [1.29, 1.82) is 0 Å². The van der Waals surface area contributed by atoms with Crippen molar-refractivity contribution in [3.8, 4) is 0 Å². The number of morpholine rings is 1. The zero-order valence-corrected chi connectivity index (χ0v) is 17.1. The Hall–Kier alpha value is -1.40.